The van der Waals surface area contributed by atoms with Crippen LogP contribution in [0.2, 0.25) is 0 Å². The van der Waals surface area contributed by atoms with E-state index in [0.29, 0.717) is 25.1 Å². The highest BCUT2D eigenvalue weighted by atomic mass is 79.9. The smallest absolute Gasteiger partial charge is 0.251 e. The molecule has 2 N–H and O–H groups in total. The molecular formula is C20H22Br2N2O2. The van der Waals surface area contributed by atoms with Crippen LogP contribution < -0.4 is 10.6 Å². The maximum Gasteiger partial charge on any atom is 0.251 e. The molecule has 0 aromatic heterocycles. The Labute approximate surface area is 171 Å². The number of hydrogen-bond donors (Lipinski definition) is 2. The first-order valence-corrected chi connectivity index (χ1v) is 9.97. The van der Waals surface area contributed by atoms with Gasteiger partial charge in [-0.3, -0.25) is 9.59 Å². The first-order valence-electron chi connectivity index (χ1n) is 8.39. The summed E-state index contributed by atoms with van der Waals surface area (Å²) in [5.74, 6) is -0.147. The van der Waals surface area contributed by atoms with Gasteiger partial charge in [0.25, 0.3) is 5.91 Å². The Hall–Kier alpha value is -1.66. The highest BCUT2D eigenvalue weighted by Crippen LogP contribution is 2.24. The van der Waals surface area contributed by atoms with E-state index in [1.807, 2.05) is 50.2 Å². The highest BCUT2D eigenvalue weighted by molar-refractivity contribution is 9.10. The average molecular weight is 482 g/mol. The Morgan fingerprint density at radius 2 is 1.58 bits per heavy atom. The van der Waals surface area contributed by atoms with Gasteiger partial charge in [-0.05, 0) is 56.2 Å². The zero-order chi connectivity index (χ0) is 19.2. The molecule has 0 bridgehead atoms. The van der Waals surface area contributed by atoms with E-state index in [9.17, 15) is 9.59 Å². The molecule has 0 heterocycles. The molecule has 26 heavy (non-hydrogen) atoms. The van der Waals surface area contributed by atoms with Crippen LogP contribution in [0.15, 0.2) is 57.5 Å². The molecule has 0 aliphatic carbocycles. The molecule has 6 heteroatoms. The lowest BCUT2D eigenvalue weighted by molar-refractivity contribution is -0.125. The summed E-state index contributed by atoms with van der Waals surface area (Å²) in [4.78, 5) is 24.5. The largest absolute Gasteiger partial charge is 0.355 e. The van der Waals surface area contributed by atoms with Gasteiger partial charge >= 0.3 is 0 Å². The summed E-state index contributed by atoms with van der Waals surface area (Å²) >= 11 is 6.75. The molecule has 2 aromatic carbocycles. The van der Waals surface area contributed by atoms with E-state index in [1.54, 1.807) is 12.1 Å². The zero-order valence-corrected chi connectivity index (χ0v) is 18.0. The Morgan fingerprint density at radius 1 is 0.923 bits per heavy atom. The Balaban J connectivity index is 1.76. The van der Waals surface area contributed by atoms with E-state index < -0.39 is 5.41 Å². The van der Waals surface area contributed by atoms with E-state index in [-0.39, 0.29) is 11.8 Å². The van der Waals surface area contributed by atoms with Gasteiger partial charge in [0.15, 0.2) is 0 Å². The lowest BCUT2D eigenvalue weighted by Crippen LogP contribution is -2.41. The molecule has 0 unspecified atom stereocenters. The van der Waals surface area contributed by atoms with Crippen LogP contribution >= 0.6 is 31.9 Å². The maximum atomic E-state index is 12.5. The summed E-state index contributed by atoms with van der Waals surface area (Å²) in [7, 11) is 0. The van der Waals surface area contributed by atoms with E-state index in [0.717, 1.165) is 14.5 Å². The van der Waals surface area contributed by atoms with Gasteiger partial charge in [0, 0.05) is 27.6 Å². The molecule has 2 aromatic rings. The highest BCUT2D eigenvalue weighted by Gasteiger charge is 2.29. The molecule has 0 saturated heterocycles. The fourth-order valence-electron chi connectivity index (χ4n) is 2.44. The topological polar surface area (TPSA) is 58.2 Å². The summed E-state index contributed by atoms with van der Waals surface area (Å²) in [5.41, 5.74) is 0.959. The van der Waals surface area contributed by atoms with Crippen molar-refractivity contribution < 1.29 is 9.59 Å². The van der Waals surface area contributed by atoms with Crippen LogP contribution in [0.5, 0.6) is 0 Å². The van der Waals surface area contributed by atoms with Crippen molar-refractivity contribution in [1.29, 1.82) is 0 Å². The van der Waals surface area contributed by atoms with Crippen LogP contribution in [0, 0.1) is 0 Å². The summed E-state index contributed by atoms with van der Waals surface area (Å²) in [6.07, 6.45) is 0.669. The lowest BCUT2D eigenvalue weighted by Gasteiger charge is -2.24. The second-order valence-electron chi connectivity index (χ2n) is 6.51. The van der Waals surface area contributed by atoms with Gasteiger partial charge in [-0.25, -0.2) is 0 Å². The number of benzene rings is 2. The third kappa shape index (κ3) is 5.68. The second kappa shape index (κ2) is 9.33. The molecule has 2 amide bonds. The molecule has 0 radical (unpaired) electrons. The van der Waals surface area contributed by atoms with E-state index in [2.05, 4.69) is 42.5 Å². The predicted octanol–water partition coefficient (Wildman–Crippen LogP) is 4.43. The SMILES string of the molecule is CC(C)(C(=O)NCCCNC(=O)c1cccc(Br)c1)c1ccc(Br)cc1. The standard InChI is InChI=1S/C20H22Br2N2O2/c1-20(2,15-7-9-16(21)10-8-15)19(26)24-12-4-11-23-18(25)14-5-3-6-17(22)13-14/h3,5-10,13H,4,11-12H2,1-2H3,(H,23,25)(H,24,26). The van der Waals surface area contributed by atoms with Crippen molar-refractivity contribution in [2.45, 2.75) is 25.7 Å². The number of nitrogens with one attached hydrogen (secondary N) is 2. The van der Waals surface area contributed by atoms with Gasteiger partial charge < -0.3 is 10.6 Å². The number of carbonyl (C=O) groups excluding carboxylic acids is 2. The van der Waals surface area contributed by atoms with Crippen LogP contribution in [0.3, 0.4) is 0 Å². The van der Waals surface area contributed by atoms with Gasteiger partial charge in [-0.15, -0.1) is 0 Å². The van der Waals surface area contributed by atoms with Crippen molar-refractivity contribution in [2.75, 3.05) is 13.1 Å². The van der Waals surface area contributed by atoms with E-state index >= 15 is 0 Å². The van der Waals surface area contributed by atoms with E-state index in [1.165, 1.54) is 0 Å². The summed E-state index contributed by atoms with van der Waals surface area (Å²) in [6.45, 7) is 4.82. The predicted molar refractivity (Wildman–Crippen MR) is 111 cm³/mol. The fourth-order valence-corrected chi connectivity index (χ4v) is 3.11. The van der Waals surface area contributed by atoms with Crippen molar-refractivity contribution in [3.05, 3.63) is 68.6 Å². The van der Waals surface area contributed by atoms with Crippen LogP contribution in [0.1, 0.15) is 36.2 Å². The molecule has 0 aliphatic heterocycles. The first-order chi connectivity index (χ1) is 12.3. The minimum absolute atomic E-state index is 0.0295. The lowest BCUT2D eigenvalue weighted by atomic mass is 9.84. The quantitative estimate of drug-likeness (QED) is 0.575. The van der Waals surface area contributed by atoms with Crippen molar-refractivity contribution in [2.24, 2.45) is 0 Å². The van der Waals surface area contributed by atoms with Crippen molar-refractivity contribution >= 4 is 43.7 Å². The van der Waals surface area contributed by atoms with Gasteiger partial charge in [-0.2, -0.15) is 0 Å². The third-order valence-corrected chi connectivity index (χ3v) is 5.17. The Bertz CT molecular complexity index is 774. The van der Waals surface area contributed by atoms with Gasteiger partial charge in [0.05, 0.1) is 5.41 Å². The van der Waals surface area contributed by atoms with Crippen LogP contribution in [0.25, 0.3) is 0 Å². The van der Waals surface area contributed by atoms with E-state index in [4.69, 9.17) is 0 Å². The number of halogens is 2. The Kier molecular flexibility index (Phi) is 7.41. The van der Waals surface area contributed by atoms with Crippen molar-refractivity contribution in [1.82, 2.24) is 10.6 Å². The van der Waals surface area contributed by atoms with Gasteiger partial charge in [0.1, 0.15) is 0 Å². The molecule has 2 rings (SSSR count). The average Bonchev–Trinajstić information content (AvgIpc) is 2.61. The summed E-state index contributed by atoms with van der Waals surface area (Å²) in [6, 6.07) is 15.0. The zero-order valence-electron chi connectivity index (χ0n) is 14.8. The number of hydrogen-bond acceptors (Lipinski definition) is 2. The third-order valence-electron chi connectivity index (χ3n) is 4.15. The molecule has 138 valence electrons. The fraction of sp³-hybridized carbons (Fsp3) is 0.300. The van der Waals surface area contributed by atoms with Crippen LogP contribution in [-0.4, -0.2) is 24.9 Å². The minimum Gasteiger partial charge on any atom is -0.355 e. The number of carbonyl (C=O) groups is 2. The van der Waals surface area contributed by atoms with Crippen LogP contribution in [0.4, 0.5) is 0 Å². The Morgan fingerprint density at radius 3 is 2.23 bits per heavy atom. The monoisotopic (exact) mass is 480 g/mol. The van der Waals surface area contributed by atoms with Crippen molar-refractivity contribution in [3.8, 4) is 0 Å². The molecule has 0 spiro atoms. The normalized spacial score (nSPS) is 11.1. The van der Waals surface area contributed by atoms with Crippen molar-refractivity contribution in [3.63, 3.8) is 0 Å². The summed E-state index contributed by atoms with van der Waals surface area (Å²) in [5, 5.41) is 5.81. The minimum atomic E-state index is -0.611. The molecule has 0 atom stereocenters. The maximum absolute atomic E-state index is 12.5. The number of rotatable bonds is 7. The molecule has 0 fully saturated rings. The second-order valence-corrected chi connectivity index (χ2v) is 8.34. The molecular weight excluding hydrogens is 460 g/mol. The van der Waals surface area contributed by atoms with Gasteiger partial charge in [0.2, 0.25) is 5.91 Å². The van der Waals surface area contributed by atoms with Gasteiger partial charge in [-0.1, -0.05) is 50.1 Å². The van der Waals surface area contributed by atoms with Crippen LogP contribution in [-0.2, 0) is 10.2 Å². The summed E-state index contributed by atoms with van der Waals surface area (Å²) < 4.78 is 1.85. The molecule has 0 saturated carbocycles. The number of amides is 2. The first kappa shape index (κ1) is 20.6. The molecule has 4 nitrogen and oxygen atoms in total. The molecule has 0 aliphatic rings.